The third kappa shape index (κ3) is 1.88. The number of Topliss-reactive ketones (excluding diaryl/α,β-unsaturated/α-hetero) is 1. The summed E-state index contributed by atoms with van der Waals surface area (Å²) in [6.07, 6.45) is 1.21. The van der Waals surface area contributed by atoms with Gasteiger partial charge in [-0.3, -0.25) is 4.79 Å². The minimum atomic E-state index is 0.0668. The molecule has 0 fully saturated rings. The summed E-state index contributed by atoms with van der Waals surface area (Å²) in [5, 5.41) is 9.08. The van der Waals surface area contributed by atoms with Crippen LogP contribution in [0.2, 0.25) is 0 Å². The third-order valence-electron chi connectivity index (χ3n) is 2.85. The predicted octanol–water partition coefficient (Wildman–Crippen LogP) is 1.43. The first-order valence-electron chi connectivity index (χ1n) is 5.05. The van der Waals surface area contributed by atoms with Gasteiger partial charge in [-0.1, -0.05) is 0 Å². The van der Waals surface area contributed by atoms with Crippen molar-refractivity contribution in [1.82, 2.24) is 0 Å². The van der Waals surface area contributed by atoms with E-state index in [0.717, 1.165) is 23.3 Å². The first-order valence-corrected chi connectivity index (χ1v) is 5.05. The molecule has 1 aromatic carbocycles. The van der Waals surface area contributed by atoms with Crippen molar-refractivity contribution in [2.24, 2.45) is 5.92 Å². The van der Waals surface area contributed by atoms with E-state index in [0.29, 0.717) is 6.42 Å². The van der Waals surface area contributed by atoms with Crippen molar-refractivity contribution >= 4 is 5.78 Å². The van der Waals surface area contributed by atoms with Crippen molar-refractivity contribution in [2.45, 2.75) is 12.8 Å². The van der Waals surface area contributed by atoms with Crippen LogP contribution in [0.15, 0.2) is 18.2 Å². The summed E-state index contributed by atoms with van der Waals surface area (Å²) < 4.78 is 5.11. The maximum Gasteiger partial charge on any atom is 0.163 e. The molecular weight excluding hydrogens is 192 g/mol. The first-order chi connectivity index (χ1) is 7.24. The number of benzene rings is 1. The molecule has 0 unspecified atom stereocenters. The van der Waals surface area contributed by atoms with Crippen LogP contribution >= 0.6 is 0 Å². The Hall–Kier alpha value is -1.35. The summed E-state index contributed by atoms with van der Waals surface area (Å²) in [7, 11) is 1.61. The van der Waals surface area contributed by atoms with E-state index in [2.05, 4.69) is 0 Å². The van der Waals surface area contributed by atoms with Crippen molar-refractivity contribution < 1.29 is 14.6 Å². The number of hydrogen-bond acceptors (Lipinski definition) is 3. The molecule has 80 valence electrons. The average Bonchev–Trinajstić information content (AvgIpc) is 2.28. The Kier molecular flexibility index (Phi) is 2.73. The number of carbonyl (C=O) groups excluding carboxylic acids is 1. The van der Waals surface area contributed by atoms with Crippen LogP contribution in [0.5, 0.6) is 5.75 Å². The standard InChI is InChI=1S/C12H14O3/c1-15-10-2-3-11-9(6-10)4-8(7-13)5-12(11)14/h2-3,6,8,13H,4-5,7H2,1H3/t8-/m1/s1. The minimum Gasteiger partial charge on any atom is -0.497 e. The quantitative estimate of drug-likeness (QED) is 0.796. The number of aliphatic hydroxyl groups is 1. The summed E-state index contributed by atoms with van der Waals surface area (Å²) in [4.78, 5) is 11.7. The van der Waals surface area contributed by atoms with Crippen molar-refractivity contribution in [3.8, 4) is 5.75 Å². The van der Waals surface area contributed by atoms with Gasteiger partial charge in [0.2, 0.25) is 0 Å². The van der Waals surface area contributed by atoms with Gasteiger partial charge in [0, 0.05) is 18.6 Å². The molecule has 2 rings (SSSR count). The molecule has 0 saturated heterocycles. The highest BCUT2D eigenvalue weighted by atomic mass is 16.5. The van der Waals surface area contributed by atoms with Gasteiger partial charge in [0.1, 0.15) is 5.75 Å². The fourth-order valence-electron chi connectivity index (χ4n) is 2.02. The second-order valence-electron chi connectivity index (χ2n) is 3.90. The summed E-state index contributed by atoms with van der Waals surface area (Å²) in [6.45, 7) is 0.0718. The van der Waals surface area contributed by atoms with E-state index >= 15 is 0 Å². The summed E-state index contributed by atoms with van der Waals surface area (Å²) in [5.41, 5.74) is 1.77. The van der Waals surface area contributed by atoms with Gasteiger partial charge < -0.3 is 9.84 Å². The molecule has 1 atom stereocenters. The normalized spacial score (nSPS) is 19.9. The zero-order valence-corrected chi connectivity index (χ0v) is 8.69. The van der Waals surface area contributed by atoms with E-state index in [4.69, 9.17) is 9.84 Å². The molecule has 1 aliphatic rings. The third-order valence-corrected chi connectivity index (χ3v) is 2.85. The molecule has 0 aromatic heterocycles. The lowest BCUT2D eigenvalue weighted by Gasteiger charge is -2.22. The summed E-state index contributed by atoms with van der Waals surface area (Å²) in [5.74, 6) is 0.954. The van der Waals surface area contributed by atoms with Gasteiger partial charge in [-0.2, -0.15) is 0 Å². The molecule has 15 heavy (non-hydrogen) atoms. The monoisotopic (exact) mass is 206 g/mol. The number of ether oxygens (including phenoxy) is 1. The Bertz CT molecular complexity index is 384. The van der Waals surface area contributed by atoms with E-state index in [1.807, 2.05) is 12.1 Å². The molecule has 3 heteroatoms. The highest BCUT2D eigenvalue weighted by Crippen LogP contribution is 2.28. The number of hydrogen-bond donors (Lipinski definition) is 1. The summed E-state index contributed by atoms with van der Waals surface area (Å²) >= 11 is 0. The SMILES string of the molecule is COc1ccc2c(c1)C[C@@H](CO)CC2=O. The molecule has 0 bridgehead atoms. The zero-order valence-electron chi connectivity index (χ0n) is 8.69. The minimum absolute atomic E-state index is 0.0668. The van der Waals surface area contributed by atoms with Gasteiger partial charge in [-0.05, 0) is 36.1 Å². The maximum atomic E-state index is 11.7. The van der Waals surface area contributed by atoms with Gasteiger partial charge in [-0.25, -0.2) is 0 Å². The van der Waals surface area contributed by atoms with Crippen molar-refractivity contribution in [3.63, 3.8) is 0 Å². The van der Waals surface area contributed by atoms with Crippen LogP contribution in [-0.2, 0) is 6.42 Å². The van der Waals surface area contributed by atoms with Gasteiger partial charge in [0.15, 0.2) is 5.78 Å². The number of carbonyl (C=O) groups is 1. The number of aliphatic hydroxyl groups excluding tert-OH is 1. The molecule has 0 saturated carbocycles. The van der Waals surface area contributed by atoms with Gasteiger partial charge >= 0.3 is 0 Å². The molecule has 3 nitrogen and oxygen atoms in total. The smallest absolute Gasteiger partial charge is 0.163 e. The largest absolute Gasteiger partial charge is 0.497 e. The lowest BCUT2D eigenvalue weighted by Crippen LogP contribution is -2.22. The van der Waals surface area contributed by atoms with E-state index in [1.54, 1.807) is 13.2 Å². The highest BCUT2D eigenvalue weighted by molar-refractivity contribution is 5.98. The second-order valence-corrected chi connectivity index (χ2v) is 3.90. The Labute approximate surface area is 88.7 Å². The Morgan fingerprint density at radius 3 is 2.93 bits per heavy atom. The number of rotatable bonds is 2. The predicted molar refractivity (Wildman–Crippen MR) is 56.2 cm³/mol. The van der Waals surface area contributed by atoms with Crippen LogP contribution in [0.4, 0.5) is 0 Å². The van der Waals surface area contributed by atoms with E-state index < -0.39 is 0 Å². The van der Waals surface area contributed by atoms with E-state index in [-0.39, 0.29) is 18.3 Å². The Balaban J connectivity index is 2.37. The number of methoxy groups -OCH3 is 1. The first kappa shape index (κ1) is 10.2. The molecule has 0 amide bonds. The lowest BCUT2D eigenvalue weighted by atomic mass is 9.83. The van der Waals surface area contributed by atoms with E-state index in [9.17, 15) is 4.79 Å². The van der Waals surface area contributed by atoms with Crippen molar-refractivity contribution in [2.75, 3.05) is 13.7 Å². The van der Waals surface area contributed by atoms with Crippen LogP contribution in [0, 0.1) is 5.92 Å². The van der Waals surface area contributed by atoms with Crippen LogP contribution < -0.4 is 4.74 Å². The van der Waals surface area contributed by atoms with Crippen LogP contribution in [-0.4, -0.2) is 24.6 Å². The molecule has 0 radical (unpaired) electrons. The molecular formula is C12H14O3. The zero-order chi connectivity index (χ0) is 10.8. The molecule has 1 aliphatic carbocycles. The molecule has 1 aromatic rings. The second kappa shape index (κ2) is 4.03. The molecule has 0 heterocycles. The van der Waals surface area contributed by atoms with Gasteiger partial charge in [0.05, 0.1) is 7.11 Å². The average molecular weight is 206 g/mol. The van der Waals surface area contributed by atoms with Crippen LogP contribution in [0.1, 0.15) is 22.3 Å². The number of ketones is 1. The van der Waals surface area contributed by atoms with Crippen LogP contribution in [0.25, 0.3) is 0 Å². The van der Waals surface area contributed by atoms with Crippen LogP contribution in [0.3, 0.4) is 0 Å². The van der Waals surface area contributed by atoms with Gasteiger partial charge in [-0.15, -0.1) is 0 Å². The van der Waals surface area contributed by atoms with Gasteiger partial charge in [0.25, 0.3) is 0 Å². The highest BCUT2D eigenvalue weighted by Gasteiger charge is 2.24. The molecule has 0 spiro atoms. The summed E-state index contributed by atoms with van der Waals surface area (Å²) in [6, 6.07) is 5.50. The maximum absolute atomic E-state index is 11.7. The fraction of sp³-hybridized carbons (Fsp3) is 0.417. The number of fused-ring (bicyclic) bond motifs is 1. The lowest BCUT2D eigenvalue weighted by molar-refractivity contribution is 0.0919. The fourth-order valence-corrected chi connectivity index (χ4v) is 2.02. The Morgan fingerprint density at radius 2 is 2.27 bits per heavy atom. The van der Waals surface area contributed by atoms with Crippen molar-refractivity contribution in [1.29, 1.82) is 0 Å². The molecule has 1 N–H and O–H groups in total. The Morgan fingerprint density at radius 1 is 1.47 bits per heavy atom. The molecule has 0 aliphatic heterocycles. The topological polar surface area (TPSA) is 46.5 Å². The van der Waals surface area contributed by atoms with Crippen molar-refractivity contribution in [3.05, 3.63) is 29.3 Å². The van der Waals surface area contributed by atoms with E-state index in [1.165, 1.54) is 0 Å².